The van der Waals surface area contributed by atoms with E-state index in [1.807, 2.05) is 0 Å². The molecule has 2 N–H and O–H groups in total. The van der Waals surface area contributed by atoms with Crippen molar-refractivity contribution >= 4 is 18.2 Å². The van der Waals surface area contributed by atoms with E-state index in [2.05, 4.69) is 5.32 Å². The summed E-state index contributed by atoms with van der Waals surface area (Å²) in [5.41, 5.74) is 0.281. The highest BCUT2D eigenvalue weighted by Gasteiger charge is 2.17. The minimum atomic E-state index is -0.691. The standard InChI is InChI=1S/C13H16N2O3/c1-13(2,3)18-12(17)15-11(14)10-6-4-5-9(7-10)8-16/h4-8H,1-3H3,(H2,14,15,17). The first kappa shape index (κ1) is 13.9. The van der Waals surface area contributed by atoms with Crippen LogP contribution in [0.25, 0.3) is 0 Å². The number of aldehydes is 1. The molecule has 0 atom stereocenters. The molecule has 0 heterocycles. The Morgan fingerprint density at radius 1 is 1.39 bits per heavy atom. The molecule has 1 aromatic rings. The highest BCUT2D eigenvalue weighted by molar-refractivity contribution is 6.05. The van der Waals surface area contributed by atoms with Crippen LogP contribution in [0.5, 0.6) is 0 Å². The predicted octanol–water partition coefficient (Wildman–Crippen LogP) is 2.35. The molecule has 0 aliphatic heterocycles. The highest BCUT2D eigenvalue weighted by atomic mass is 16.6. The lowest BCUT2D eigenvalue weighted by Gasteiger charge is -2.19. The van der Waals surface area contributed by atoms with Gasteiger partial charge in [-0.2, -0.15) is 0 Å². The van der Waals surface area contributed by atoms with Gasteiger partial charge in [-0.3, -0.25) is 15.5 Å². The van der Waals surface area contributed by atoms with Gasteiger partial charge in [0.25, 0.3) is 0 Å². The summed E-state index contributed by atoms with van der Waals surface area (Å²) >= 11 is 0. The number of hydrogen-bond acceptors (Lipinski definition) is 4. The number of hydrogen-bond donors (Lipinski definition) is 2. The molecule has 0 saturated heterocycles. The van der Waals surface area contributed by atoms with Gasteiger partial charge in [0.1, 0.15) is 17.7 Å². The number of amidine groups is 1. The molecule has 18 heavy (non-hydrogen) atoms. The highest BCUT2D eigenvalue weighted by Crippen LogP contribution is 2.07. The number of nitrogens with one attached hydrogen (secondary N) is 2. The molecule has 5 nitrogen and oxygen atoms in total. The first-order chi connectivity index (χ1) is 8.31. The van der Waals surface area contributed by atoms with Gasteiger partial charge in [-0.1, -0.05) is 18.2 Å². The van der Waals surface area contributed by atoms with E-state index < -0.39 is 11.7 Å². The third-order valence-corrected chi connectivity index (χ3v) is 1.94. The van der Waals surface area contributed by atoms with Crippen LogP contribution in [0.1, 0.15) is 36.7 Å². The molecule has 1 rings (SSSR count). The second-order valence-electron chi connectivity index (χ2n) is 4.75. The third-order valence-electron chi connectivity index (χ3n) is 1.94. The summed E-state index contributed by atoms with van der Waals surface area (Å²) in [5.74, 6) is -0.104. The fourth-order valence-electron chi connectivity index (χ4n) is 1.25. The van der Waals surface area contributed by atoms with E-state index in [0.29, 0.717) is 17.4 Å². The van der Waals surface area contributed by atoms with Crippen LogP contribution in [-0.2, 0) is 4.74 Å². The first-order valence-corrected chi connectivity index (χ1v) is 5.46. The van der Waals surface area contributed by atoms with E-state index in [0.717, 1.165) is 0 Å². The van der Waals surface area contributed by atoms with E-state index >= 15 is 0 Å². The molecular weight excluding hydrogens is 232 g/mol. The molecule has 0 unspecified atom stereocenters. The number of carbonyl (C=O) groups is 2. The van der Waals surface area contributed by atoms with Crippen LogP contribution in [0.2, 0.25) is 0 Å². The molecule has 0 spiro atoms. The van der Waals surface area contributed by atoms with Gasteiger partial charge in [0, 0.05) is 11.1 Å². The molecular formula is C13H16N2O3. The van der Waals surface area contributed by atoms with Gasteiger partial charge in [0.2, 0.25) is 0 Å². The monoisotopic (exact) mass is 248 g/mol. The largest absolute Gasteiger partial charge is 0.444 e. The van der Waals surface area contributed by atoms with Crippen molar-refractivity contribution in [2.24, 2.45) is 0 Å². The Bertz CT molecular complexity index is 475. The quantitative estimate of drug-likeness (QED) is 0.479. The number of benzene rings is 1. The van der Waals surface area contributed by atoms with Crippen molar-refractivity contribution in [3.05, 3.63) is 35.4 Å². The van der Waals surface area contributed by atoms with E-state index in [-0.39, 0.29) is 5.84 Å². The van der Waals surface area contributed by atoms with Gasteiger partial charge < -0.3 is 4.74 Å². The minimum absolute atomic E-state index is 0.104. The molecule has 0 saturated carbocycles. The topological polar surface area (TPSA) is 79.2 Å². The van der Waals surface area contributed by atoms with Crippen molar-refractivity contribution in [3.8, 4) is 0 Å². The van der Waals surface area contributed by atoms with Crippen LogP contribution in [0.15, 0.2) is 24.3 Å². The van der Waals surface area contributed by atoms with Crippen LogP contribution in [0.4, 0.5) is 4.79 Å². The maximum absolute atomic E-state index is 11.5. The van der Waals surface area contributed by atoms with Crippen molar-refractivity contribution in [1.29, 1.82) is 5.41 Å². The lowest BCUT2D eigenvalue weighted by molar-refractivity contribution is 0.0563. The number of alkyl carbamates (subject to hydrolysis) is 1. The van der Waals surface area contributed by atoms with E-state index in [1.165, 1.54) is 6.07 Å². The molecule has 0 bridgehead atoms. The zero-order chi connectivity index (χ0) is 13.8. The van der Waals surface area contributed by atoms with Gasteiger partial charge in [0.15, 0.2) is 0 Å². The Morgan fingerprint density at radius 3 is 2.61 bits per heavy atom. The van der Waals surface area contributed by atoms with Crippen molar-refractivity contribution in [2.45, 2.75) is 26.4 Å². The van der Waals surface area contributed by atoms with E-state index in [9.17, 15) is 9.59 Å². The summed E-state index contributed by atoms with van der Waals surface area (Å²) in [6, 6.07) is 6.42. The summed E-state index contributed by atoms with van der Waals surface area (Å²) < 4.78 is 5.03. The number of amides is 1. The smallest absolute Gasteiger partial charge is 0.413 e. The average molecular weight is 248 g/mol. The second kappa shape index (κ2) is 5.44. The maximum atomic E-state index is 11.5. The predicted molar refractivity (Wildman–Crippen MR) is 68.0 cm³/mol. The fraction of sp³-hybridized carbons (Fsp3) is 0.308. The van der Waals surface area contributed by atoms with Crippen molar-refractivity contribution in [3.63, 3.8) is 0 Å². The van der Waals surface area contributed by atoms with Crippen LogP contribution >= 0.6 is 0 Å². The Balaban J connectivity index is 2.70. The van der Waals surface area contributed by atoms with Crippen molar-refractivity contribution in [2.75, 3.05) is 0 Å². The van der Waals surface area contributed by atoms with Crippen molar-refractivity contribution < 1.29 is 14.3 Å². The lowest BCUT2D eigenvalue weighted by atomic mass is 10.1. The minimum Gasteiger partial charge on any atom is -0.444 e. The normalized spacial score (nSPS) is 10.6. The van der Waals surface area contributed by atoms with Gasteiger partial charge in [-0.05, 0) is 26.8 Å². The van der Waals surface area contributed by atoms with Crippen LogP contribution < -0.4 is 5.32 Å². The Hall–Kier alpha value is -2.17. The fourth-order valence-corrected chi connectivity index (χ4v) is 1.25. The SMILES string of the molecule is CC(C)(C)OC(=O)NC(=N)c1cccc(C=O)c1. The molecule has 96 valence electrons. The zero-order valence-electron chi connectivity index (χ0n) is 10.6. The number of carbonyl (C=O) groups excluding carboxylic acids is 2. The Labute approximate surface area is 106 Å². The number of ether oxygens (including phenoxy) is 1. The Morgan fingerprint density at radius 2 is 2.06 bits per heavy atom. The summed E-state index contributed by atoms with van der Waals surface area (Å²) in [4.78, 5) is 22.1. The van der Waals surface area contributed by atoms with Crippen LogP contribution in [-0.4, -0.2) is 23.8 Å². The summed E-state index contributed by atoms with van der Waals surface area (Å²) in [7, 11) is 0. The summed E-state index contributed by atoms with van der Waals surface area (Å²) in [6.45, 7) is 5.22. The van der Waals surface area contributed by atoms with Crippen LogP contribution in [0, 0.1) is 5.41 Å². The number of rotatable bonds is 2. The molecule has 1 amide bonds. The first-order valence-electron chi connectivity index (χ1n) is 5.46. The lowest BCUT2D eigenvalue weighted by Crippen LogP contribution is -2.36. The third kappa shape index (κ3) is 4.37. The van der Waals surface area contributed by atoms with E-state index in [1.54, 1.807) is 39.0 Å². The van der Waals surface area contributed by atoms with Gasteiger partial charge in [-0.15, -0.1) is 0 Å². The molecule has 5 heteroatoms. The zero-order valence-corrected chi connectivity index (χ0v) is 10.6. The summed E-state index contributed by atoms with van der Waals surface area (Å²) in [5, 5.41) is 10.0. The maximum Gasteiger partial charge on any atom is 0.413 e. The molecule has 0 fully saturated rings. The van der Waals surface area contributed by atoms with Crippen molar-refractivity contribution in [1.82, 2.24) is 5.32 Å². The van der Waals surface area contributed by atoms with Crippen LogP contribution in [0.3, 0.4) is 0 Å². The summed E-state index contributed by atoms with van der Waals surface area (Å²) in [6.07, 6.45) is -0.00596. The average Bonchev–Trinajstić information content (AvgIpc) is 2.26. The molecule has 0 aromatic heterocycles. The van der Waals surface area contributed by atoms with Gasteiger partial charge in [-0.25, -0.2) is 4.79 Å². The molecule has 0 aliphatic rings. The van der Waals surface area contributed by atoms with Gasteiger partial charge >= 0.3 is 6.09 Å². The Kier molecular flexibility index (Phi) is 4.20. The molecule has 1 aromatic carbocycles. The van der Waals surface area contributed by atoms with Gasteiger partial charge in [0.05, 0.1) is 0 Å². The second-order valence-corrected chi connectivity index (χ2v) is 4.75. The van der Waals surface area contributed by atoms with E-state index in [4.69, 9.17) is 10.1 Å². The molecule has 0 radical (unpaired) electrons. The molecule has 0 aliphatic carbocycles.